The van der Waals surface area contributed by atoms with Gasteiger partial charge < -0.3 is 9.84 Å². The van der Waals surface area contributed by atoms with Crippen molar-refractivity contribution in [3.63, 3.8) is 0 Å². The predicted molar refractivity (Wildman–Crippen MR) is 144 cm³/mol. The lowest BCUT2D eigenvalue weighted by atomic mass is 9.96. The summed E-state index contributed by atoms with van der Waals surface area (Å²) >= 11 is 0. The molecule has 0 aliphatic carbocycles. The van der Waals surface area contributed by atoms with Gasteiger partial charge in [-0.1, -0.05) is 35.9 Å². The molecule has 40 heavy (non-hydrogen) atoms. The van der Waals surface area contributed by atoms with Crippen LogP contribution in [0.3, 0.4) is 0 Å². The molecule has 1 N–H and O–H groups in total. The summed E-state index contributed by atoms with van der Waals surface area (Å²) < 4.78 is 48.0. The summed E-state index contributed by atoms with van der Waals surface area (Å²) in [5.74, 6) is -1.35. The van der Waals surface area contributed by atoms with Crippen molar-refractivity contribution in [2.45, 2.75) is 52.6 Å². The zero-order valence-corrected chi connectivity index (χ0v) is 22.4. The van der Waals surface area contributed by atoms with Crippen molar-refractivity contribution in [3.05, 3.63) is 94.3 Å². The summed E-state index contributed by atoms with van der Waals surface area (Å²) in [6.45, 7) is 8.56. The van der Waals surface area contributed by atoms with Gasteiger partial charge in [-0.25, -0.2) is 14.5 Å². The number of fused-ring (bicyclic) bond motifs is 1. The molecule has 0 fully saturated rings. The first-order valence-corrected chi connectivity index (χ1v) is 13.0. The largest absolute Gasteiger partial charge is 0.488 e. The smallest absolute Gasteiger partial charge is 0.434 e. The number of carboxylic acid groups (broad SMARTS) is 1. The molecule has 0 spiro atoms. The fourth-order valence-corrected chi connectivity index (χ4v) is 4.93. The van der Waals surface area contributed by atoms with Crippen molar-refractivity contribution in [2.24, 2.45) is 0 Å². The second kappa shape index (κ2) is 10.8. The van der Waals surface area contributed by atoms with E-state index in [1.54, 1.807) is 12.1 Å². The number of pyridine rings is 1. The van der Waals surface area contributed by atoms with Crippen LogP contribution < -0.4 is 4.74 Å². The number of ether oxygens (including phenoxy) is 1. The molecule has 0 unspecified atom stereocenters. The zero-order chi connectivity index (χ0) is 28.6. The normalized spacial score (nSPS) is 13.9. The summed E-state index contributed by atoms with van der Waals surface area (Å²) in [5, 5.41) is 12.9. The quantitative estimate of drug-likeness (QED) is 0.291. The molecule has 0 saturated heterocycles. The maximum absolute atomic E-state index is 13.8. The molecule has 0 atom stereocenters. The van der Waals surface area contributed by atoms with Crippen molar-refractivity contribution in [1.29, 1.82) is 0 Å². The maximum Gasteiger partial charge on any atom is 0.434 e. The minimum absolute atomic E-state index is 0.157. The third-order valence-corrected chi connectivity index (χ3v) is 7.07. The van der Waals surface area contributed by atoms with Crippen LogP contribution in [-0.4, -0.2) is 43.3 Å². The van der Waals surface area contributed by atoms with Crippen LogP contribution in [0.5, 0.6) is 5.75 Å². The standard InChI is InChI=1S/C30H29F3N4O3/c1-18(2)36-12-11-21-14-20(8-9-22(21)16-36)17-40-26-10-7-19(3)13-23(26)25-5-4-6-27(35-25)37-28(30(31,32)33)24(15-34-37)29(38)39/h4-10,13-15,18H,11-12,16-17H2,1-3H3,(H,38,39). The van der Waals surface area contributed by atoms with Gasteiger partial charge >= 0.3 is 12.1 Å². The van der Waals surface area contributed by atoms with Crippen molar-refractivity contribution >= 4 is 5.97 Å². The number of carbonyl (C=O) groups is 1. The molecule has 2 aromatic heterocycles. The summed E-state index contributed by atoms with van der Waals surface area (Å²) in [5.41, 5.74) is 3.22. The Morgan fingerprint density at radius 2 is 1.90 bits per heavy atom. The minimum atomic E-state index is -4.94. The lowest BCUT2D eigenvalue weighted by Gasteiger charge is -2.32. The number of hydrogen-bond donors (Lipinski definition) is 1. The number of carboxylic acids is 1. The van der Waals surface area contributed by atoms with Gasteiger partial charge in [-0.3, -0.25) is 4.90 Å². The Hall–Kier alpha value is -4.18. The number of aryl methyl sites for hydroxylation is 1. The first kappa shape index (κ1) is 27.4. The average Bonchev–Trinajstić information content (AvgIpc) is 3.39. The van der Waals surface area contributed by atoms with Gasteiger partial charge in [-0.15, -0.1) is 0 Å². The van der Waals surface area contributed by atoms with Crippen molar-refractivity contribution in [1.82, 2.24) is 19.7 Å². The summed E-state index contributed by atoms with van der Waals surface area (Å²) in [6, 6.07) is 17.0. The number of aromatic nitrogens is 3. The van der Waals surface area contributed by atoms with Crippen molar-refractivity contribution in [3.8, 4) is 22.8 Å². The molecule has 5 rings (SSSR count). The number of nitrogens with zero attached hydrogens (tertiary/aromatic N) is 4. The molecule has 0 radical (unpaired) electrons. The van der Waals surface area contributed by atoms with Gasteiger partial charge in [0, 0.05) is 24.7 Å². The third kappa shape index (κ3) is 5.58. The van der Waals surface area contributed by atoms with E-state index in [0.29, 0.717) is 40.5 Å². The Labute approximate surface area is 229 Å². The molecule has 1 aliphatic rings. The van der Waals surface area contributed by atoms with Gasteiger partial charge in [-0.2, -0.15) is 18.3 Å². The number of aromatic carboxylic acids is 1. The highest BCUT2D eigenvalue weighted by Crippen LogP contribution is 2.35. The monoisotopic (exact) mass is 550 g/mol. The summed E-state index contributed by atoms with van der Waals surface area (Å²) in [4.78, 5) is 18.3. The lowest BCUT2D eigenvalue weighted by Crippen LogP contribution is -2.35. The number of benzene rings is 2. The van der Waals surface area contributed by atoms with E-state index >= 15 is 0 Å². The number of halogens is 3. The van der Waals surface area contributed by atoms with Crippen molar-refractivity contribution in [2.75, 3.05) is 6.54 Å². The van der Waals surface area contributed by atoms with E-state index in [1.165, 1.54) is 17.2 Å². The van der Waals surface area contributed by atoms with Gasteiger partial charge in [0.1, 0.15) is 17.9 Å². The molecule has 10 heteroatoms. The second-order valence-electron chi connectivity index (χ2n) is 10.2. The molecular weight excluding hydrogens is 521 g/mol. The fourth-order valence-electron chi connectivity index (χ4n) is 4.93. The lowest BCUT2D eigenvalue weighted by molar-refractivity contribution is -0.143. The third-order valence-electron chi connectivity index (χ3n) is 7.07. The number of hydrogen-bond acceptors (Lipinski definition) is 5. The van der Waals surface area contributed by atoms with E-state index in [-0.39, 0.29) is 5.82 Å². The zero-order valence-electron chi connectivity index (χ0n) is 22.4. The molecule has 0 bridgehead atoms. The van der Waals surface area contributed by atoms with Gasteiger partial charge in [0.05, 0.1) is 11.9 Å². The Balaban J connectivity index is 1.43. The second-order valence-corrected chi connectivity index (χ2v) is 10.2. The highest BCUT2D eigenvalue weighted by molar-refractivity contribution is 5.89. The molecule has 4 aromatic rings. The first-order valence-electron chi connectivity index (χ1n) is 13.0. The van der Waals surface area contributed by atoms with E-state index in [0.717, 1.165) is 30.6 Å². The minimum Gasteiger partial charge on any atom is -0.488 e. The van der Waals surface area contributed by atoms with E-state index < -0.39 is 23.4 Å². The van der Waals surface area contributed by atoms with Gasteiger partial charge in [-0.05, 0) is 68.1 Å². The SMILES string of the molecule is Cc1ccc(OCc2ccc3c(c2)CCN(C(C)C)C3)c(-c2cccc(-n3ncc(C(=O)O)c3C(F)(F)F)n2)c1. The van der Waals surface area contributed by atoms with Gasteiger partial charge in [0.25, 0.3) is 0 Å². The summed E-state index contributed by atoms with van der Waals surface area (Å²) in [7, 11) is 0. The molecule has 0 amide bonds. The Bertz CT molecular complexity index is 1560. The topological polar surface area (TPSA) is 80.5 Å². The maximum atomic E-state index is 13.8. The molecule has 7 nitrogen and oxygen atoms in total. The average molecular weight is 551 g/mol. The van der Waals surface area contributed by atoms with E-state index in [2.05, 4.69) is 47.0 Å². The fraction of sp³-hybridized carbons (Fsp3) is 0.300. The number of alkyl halides is 3. The van der Waals surface area contributed by atoms with E-state index in [4.69, 9.17) is 4.74 Å². The molecule has 1 aliphatic heterocycles. The van der Waals surface area contributed by atoms with E-state index in [9.17, 15) is 23.1 Å². The van der Waals surface area contributed by atoms with Crippen LogP contribution in [0.15, 0.2) is 60.8 Å². The van der Waals surface area contributed by atoms with Crippen LogP contribution in [0.25, 0.3) is 17.1 Å². The molecular formula is C30H29F3N4O3. The highest BCUT2D eigenvalue weighted by atomic mass is 19.4. The highest BCUT2D eigenvalue weighted by Gasteiger charge is 2.41. The first-order chi connectivity index (χ1) is 19.0. The molecule has 208 valence electrons. The Morgan fingerprint density at radius 3 is 2.62 bits per heavy atom. The van der Waals surface area contributed by atoms with Crippen LogP contribution in [0.4, 0.5) is 13.2 Å². The van der Waals surface area contributed by atoms with Crippen molar-refractivity contribution < 1.29 is 27.8 Å². The summed E-state index contributed by atoms with van der Waals surface area (Å²) in [6.07, 6.45) is -3.29. The van der Waals surface area contributed by atoms with E-state index in [1.807, 2.05) is 25.1 Å². The number of rotatable bonds is 7. The Kier molecular flexibility index (Phi) is 7.37. The van der Waals surface area contributed by atoms with Gasteiger partial charge in [0.2, 0.25) is 0 Å². The molecule has 2 aromatic carbocycles. The predicted octanol–water partition coefficient (Wildman–Crippen LogP) is 6.31. The van der Waals surface area contributed by atoms with Crippen LogP contribution in [0.2, 0.25) is 0 Å². The van der Waals surface area contributed by atoms with Crippen LogP contribution in [-0.2, 0) is 25.7 Å². The van der Waals surface area contributed by atoms with Crippen LogP contribution >= 0.6 is 0 Å². The van der Waals surface area contributed by atoms with Gasteiger partial charge in [0.15, 0.2) is 11.5 Å². The van der Waals surface area contributed by atoms with Crippen LogP contribution in [0.1, 0.15) is 52.2 Å². The molecule has 0 saturated carbocycles. The molecule has 3 heterocycles. The Morgan fingerprint density at radius 1 is 1.10 bits per heavy atom. The van der Waals surface area contributed by atoms with Crippen LogP contribution in [0, 0.1) is 6.92 Å².